The lowest BCUT2D eigenvalue weighted by atomic mass is 9.67. The first kappa shape index (κ1) is 12.6. The zero-order chi connectivity index (χ0) is 12.3. The minimum Gasteiger partial charge on any atom is -0.198 e. The van der Waals surface area contributed by atoms with Crippen LogP contribution in [0.4, 0.5) is 0 Å². The number of hydrogen-bond acceptors (Lipinski definition) is 2. The minimum atomic E-state index is -0.0732. The zero-order valence-electron chi connectivity index (χ0n) is 10.8. The van der Waals surface area contributed by atoms with E-state index in [4.69, 9.17) is 0 Å². The van der Waals surface area contributed by atoms with Gasteiger partial charge in [-0.15, -0.1) is 11.3 Å². The highest BCUT2D eigenvalue weighted by Gasteiger charge is 2.36. The van der Waals surface area contributed by atoms with Gasteiger partial charge in [-0.25, -0.2) is 0 Å². The van der Waals surface area contributed by atoms with Crippen LogP contribution < -0.4 is 0 Å². The molecule has 0 spiro atoms. The molecule has 0 radical (unpaired) electrons. The van der Waals surface area contributed by atoms with E-state index in [-0.39, 0.29) is 5.41 Å². The molecule has 0 atom stereocenters. The van der Waals surface area contributed by atoms with Gasteiger partial charge in [-0.2, -0.15) is 5.26 Å². The fourth-order valence-electron chi connectivity index (χ4n) is 2.93. The summed E-state index contributed by atoms with van der Waals surface area (Å²) < 4.78 is 0. The lowest BCUT2D eigenvalue weighted by Crippen LogP contribution is -2.29. The molecule has 0 aromatic carbocycles. The van der Waals surface area contributed by atoms with Crippen molar-refractivity contribution in [2.45, 2.75) is 46.0 Å². The summed E-state index contributed by atoms with van der Waals surface area (Å²) in [6.45, 7) is 4.62. The van der Waals surface area contributed by atoms with Crippen molar-refractivity contribution in [1.29, 1.82) is 5.26 Å². The molecule has 1 aromatic rings. The summed E-state index contributed by atoms with van der Waals surface area (Å²) in [5.74, 6) is 1.60. The summed E-state index contributed by atoms with van der Waals surface area (Å²) in [7, 11) is 0. The van der Waals surface area contributed by atoms with E-state index in [1.165, 1.54) is 17.7 Å². The molecule has 1 aliphatic rings. The maximum atomic E-state index is 9.52. The fourth-order valence-corrected chi connectivity index (χ4v) is 3.78. The van der Waals surface area contributed by atoms with Gasteiger partial charge in [-0.05, 0) is 49.0 Å². The summed E-state index contributed by atoms with van der Waals surface area (Å²) >= 11 is 1.79. The third-order valence-electron chi connectivity index (χ3n) is 4.26. The van der Waals surface area contributed by atoms with E-state index >= 15 is 0 Å². The Morgan fingerprint density at radius 3 is 2.65 bits per heavy atom. The van der Waals surface area contributed by atoms with Gasteiger partial charge in [0.2, 0.25) is 0 Å². The molecule has 0 aliphatic heterocycles. The Balaban J connectivity index is 2.01. The second-order valence-electron chi connectivity index (χ2n) is 5.73. The first-order chi connectivity index (χ1) is 8.15. The molecule has 0 N–H and O–H groups in total. The average molecular weight is 247 g/mol. The summed E-state index contributed by atoms with van der Waals surface area (Å²) in [6, 6.07) is 6.87. The van der Waals surface area contributed by atoms with Crippen LogP contribution >= 0.6 is 11.3 Å². The topological polar surface area (TPSA) is 23.8 Å². The van der Waals surface area contributed by atoms with E-state index in [2.05, 4.69) is 37.4 Å². The number of nitrogens with zero attached hydrogens (tertiary/aromatic N) is 1. The number of rotatable bonds is 3. The SMILES string of the molecule is CC(C)C1CCC(C#N)(Cc2cccs2)CC1. The van der Waals surface area contributed by atoms with Gasteiger partial charge in [0.1, 0.15) is 0 Å². The maximum absolute atomic E-state index is 9.52. The standard InChI is InChI=1S/C15H21NS/c1-12(2)13-5-7-15(11-16,8-6-13)10-14-4-3-9-17-14/h3-4,9,12-13H,5-8,10H2,1-2H3. The molecule has 2 heteroatoms. The Bertz CT molecular complexity index is 378. The van der Waals surface area contributed by atoms with Crippen molar-refractivity contribution in [3.8, 4) is 6.07 Å². The van der Waals surface area contributed by atoms with Gasteiger partial charge in [0.25, 0.3) is 0 Å². The molecule has 0 unspecified atom stereocenters. The van der Waals surface area contributed by atoms with Crippen LogP contribution in [0, 0.1) is 28.6 Å². The molecule has 1 fully saturated rings. The van der Waals surface area contributed by atoms with Crippen LogP contribution in [0.1, 0.15) is 44.4 Å². The van der Waals surface area contributed by atoms with Crippen LogP contribution in [0.25, 0.3) is 0 Å². The summed E-state index contributed by atoms with van der Waals surface area (Å²) in [5, 5.41) is 11.6. The molecule has 1 saturated carbocycles. The highest BCUT2D eigenvalue weighted by molar-refractivity contribution is 7.09. The Labute approximate surface area is 108 Å². The van der Waals surface area contributed by atoms with Crippen LogP contribution in [-0.2, 0) is 6.42 Å². The monoisotopic (exact) mass is 247 g/mol. The van der Waals surface area contributed by atoms with E-state index in [0.29, 0.717) is 0 Å². The van der Waals surface area contributed by atoms with Gasteiger partial charge in [0, 0.05) is 11.3 Å². The van der Waals surface area contributed by atoms with Crippen LogP contribution in [0.3, 0.4) is 0 Å². The Morgan fingerprint density at radius 2 is 2.18 bits per heavy atom. The summed E-state index contributed by atoms with van der Waals surface area (Å²) in [5.41, 5.74) is -0.0732. The lowest BCUT2D eigenvalue weighted by Gasteiger charge is -2.36. The van der Waals surface area contributed by atoms with Gasteiger partial charge >= 0.3 is 0 Å². The van der Waals surface area contributed by atoms with E-state index < -0.39 is 0 Å². The van der Waals surface area contributed by atoms with E-state index in [1.54, 1.807) is 11.3 Å². The van der Waals surface area contributed by atoms with E-state index in [9.17, 15) is 5.26 Å². The first-order valence-corrected chi connectivity index (χ1v) is 7.47. The molecule has 1 aliphatic carbocycles. The minimum absolute atomic E-state index is 0.0732. The second-order valence-corrected chi connectivity index (χ2v) is 6.76. The number of thiophene rings is 1. The van der Waals surface area contributed by atoms with Crippen molar-refractivity contribution in [1.82, 2.24) is 0 Å². The summed E-state index contributed by atoms with van der Waals surface area (Å²) in [6.07, 6.45) is 5.60. The third-order valence-corrected chi connectivity index (χ3v) is 5.14. The first-order valence-electron chi connectivity index (χ1n) is 6.59. The van der Waals surface area contributed by atoms with Crippen LogP contribution in [0.2, 0.25) is 0 Å². The maximum Gasteiger partial charge on any atom is 0.0693 e. The molecule has 2 rings (SSSR count). The quantitative estimate of drug-likeness (QED) is 0.763. The largest absolute Gasteiger partial charge is 0.198 e. The number of hydrogen-bond donors (Lipinski definition) is 0. The van der Waals surface area contributed by atoms with Gasteiger partial charge in [0.15, 0.2) is 0 Å². The van der Waals surface area contributed by atoms with Gasteiger partial charge in [-0.1, -0.05) is 19.9 Å². The van der Waals surface area contributed by atoms with Gasteiger partial charge in [0.05, 0.1) is 11.5 Å². The predicted molar refractivity (Wildman–Crippen MR) is 72.9 cm³/mol. The average Bonchev–Trinajstić information content (AvgIpc) is 2.82. The van der Waals surface area contributed by atoms with Crippen molar-refractivity contribution in [2.75, 3.05) is 0 Å². The van der Waals surface area contributed by atoms with Crippen molar-refractivity contribution < 1.29 is 0 Å². The smallest absolute Gasteiger partial charge is 0.0693 e. The third kappa shape index (κ3) is 2.90. The van der Waals surface area contributed by atoms with Crippen LogP contribution in [0.15, 0.2) is 17.5 Å². The Hall–Kier alpha value is -0.810. The molecule has 0 saturated heterocycles. The van der Waals surface area contributed by atoms with E-state index in [0.717, 1.165) is 31.1 Å². The molecule has 0 amide bonds. The highest BCUT2D eigenvalue weighted by Crippen LogP contribution is 2.43. The zero-order valence-corrected chi connectivity index (χ0v) is 11.6. The Kier molecular flexibility index (Phi) is 3.89. The molecule has 1 aromatic heterocycles. The molecular weight excluding hydrogens is 226 g/mol. The molecule has 17 heavy (non-hydrogen) atoms. The second kappa shape index (κ2) is 5.23. The predicted octanol–water partition coefficient (Wildman–Crippen LogP) is 4.65. The Morgan fingerprint density at radius 1 is 1.47 bits per heavy atom. The molecular formula is C15H21NS. The van der Waals surface area contributed by atoms with Crippen LogP contribution in [-0.4, -0.2) is 0 Å². The number of nitriles is 1. The fraction of sp³-hybridized carbons (Fsp3) is 0.667. The molecule has 0 bridgehead atoms. The normalized spacial score (nSPS) is 29.2. The van der Waals surface area contributed by atoms with Crippen molar-refractivity contribution in [2.24, 2.45) is 17.3 Å². The lowest BCUT2D eigenvalue weighted by molar-refractivity contribution is 0.175. The molecule has 1 nitrogen and oxygen atoms in total. The summed E-state index contributed by atoms with van der Waals surface area (Å²) in [4.78, 5) is 1.37. The van der Waals surface area contributed by atoms with Crippen molar-refractivity contribution in [3.05, 3.63) is 22.4 Å². The van der Waals surface area contributed by atoms with Gasteiger partial charge < -0.3 is 0 Å². The van der Waals surface area contributed by atoms with Crippen molar-refractivity contribution in [3.63, 3.8) is 0 Å². The van der Waals surface area contributed by atoms with E-state index in [1.807, 2.05) is 0 Å². The van der Waals surface area contributed by atoms with Crippen LogP contribution in [0.5, 0.6) is 0 Å². The highest BCUT2D eigenvalue weighted by atomic mass is 32.1. The van der Waals surface area contributed by atoms with Gasteiger partial charge in [-0.3, -0.25) is 0 Å². The van der Waals surface area contributed by atoms with Crippen molar-refractivity contribution >= 4 is 11.3 Å². The molecule has 1 heterocycles. The molecule has 92 valence electrons.